The van der Waals surface area contributed by atoms with Crippen molar-refractivity contribution in [3.05, 3.63) is 98.2 Å². The number of ketones is 1. The summed E-state index contributed by atoms with van der Waals surface area (Å²) in [4.78, 5) is 34.0. The van der Waals surface area contributed by atoms with E-state index in [9.17, 15) is 22.8 Å². The normalized spacial score (nSPS) is 12.1. The molecule has 0 unspecified atom stereocenters. The summed E-state index contributed by atoms with van der Waals surface area (Å²) >= 11 is 14.7. The second kappa shape index (κ2) is 11.7. The maximum atomic E-state index is 13.2. The maximum Gasteiger partial charge on any atom is 0.417 e. The molecule has 36 heavy (non-hydrogen) atoms. The van der Waals surface area contributed by atoms with E-state index in [1.165, 1.54) is 18.3 Å². The fraction of sp³-hybridized carbons (Fsp3) is 0.0833. The predicted octanol–water partition coefficient (Wildman–Crippen LogP) is 6.94. The van der Waals surface area contributed by atoms with Gasteiger partial charge in [-0.3, -0.25) is 14.6 Å². The van der Waals surface area contributed by atoms with E-state index in [-0.39, 0.29) is 28.5 Å². The summed E-state index contributed by atoms with van der Waals surface area (Å²) in [5, 5.41) is 2.10. The number of hydrogen-bond donors (Lipinski definition) is 2. The first kappa shape index (κ1) is 27.4. The Morgan fingerprint density at radius 1 is 1.17 bits per heavy atom. The Morgan fingerprint density at radius 3 is 2.58 bits per heavy atom. The lowest BCUT2D eigenvalue weighted by molar-refractivity contribution is -0.137. The van der Waals surface area contributed by atoms with Gasteiger partial charge in [0.1, 0.15) is 5.82 Å². The summed E-state index contributed by atoms with van der Waals surface area (Å²) in [5.41, 5.74) is 5.29. The summed E-state index contributed by atoms with van der Waals surface area (Å²) in [6.07, 6.45) is -1.33. The van der Waals surface area contributed by atoms with Crippen molar-refractivity contribution in [1.29, 1.82) is 0 Å². The molecular weight excluding hydrogens is 584 g/mol. The molecule has 0 aliphatic heterocycles. The maximum absolute atomic E-state index is 13.2. The van der Waals surface area contributed by atoms with Gasteiger partial charge in [-0.15, -0.1) is 11.6 Å². The van der Waals surface area contributed by atoms with Gasteiger partial charge in [-0.1, -0.05) is 23.7 Å². The third-order valence-corrected chi connectivity index (χ3v) is 5.80. The van der Waals surface area contributed by atoms with Gasteiger partial charge in [0.05, 0.1) is 27.4 Å². The first-order valence-corrected chi connectivity index (χ1v) is 11.7. The average molecular weight is 600 g/mol. The van der Waals surface area contributed by atoms with Gasteiger partial charge in [0.2, 0.25) is 0 Å². The molecule has 0 spiro atoms. The lowest BCUT2D eigenvalue weighted by Crippen LogP contribution is -2.17. The van der Waals surface area contributed by atoms with Gasteiger partial charge in [0.25, 0.3) is 5.91 Å². The lowest BCUT2D eigenvalue weighted by atomic mass is 10.1. The van der Waals surface area contributed by atoms with Gasteiger partial charge in [-0.25, -0.2) is 4.98 Å². The molecule has 1 heterocycles. The minimum absolute atomic E-state index is 0.0264. The number of alkyl halides is 4. The van der Waals surface area contributed by atoms with Crippen LogP contribution < -0.4 is 11.1 Å². The lowest BCUT2D eigenvalue weighted by Gasteiger charge is -2.11. The number of Topliss-reactive ketones (excluding diaryl/α,β-unsaturated/α-hetero) is 1. The summed E-state index contributed by atoms with van der Waals surface area (Å²) in [7, 11) is 0. The number of anilines is 1. The minimum atomic E-state index is -4.68. The number of allylic oxidation sites excluding steroid dienone is 1. The van der Waals surface area contributed by atoms with Crippen LogP contribution in [0.1, 0.15) is 31.8 Å². The monoisotopic (exact) mass is 598 g/mol. The number of nitrogens with zero attached hydrogens (tertiary/aromatic N) is 2. The molecule has 0 atom stereocenters. The highest BCUT2D eigenvalue weighted by Crippen LogP contribution is 2.36. The van der Waals surface area contributed by atoms with Crippen LogP contribution in [0.5, 0.6) is 0 Å². The Labute approximate surface area is 222 Å². The molecule has 1 aromatic heterocycles. The molecule has 0 saturated carbocycles. The smallest absolute Gasteiger partial charge is 0.404 e. The zero-order valence-electron chi connectivity index (χ0n) is 18.1. The Bertz CT molecular complexity index is 1380. The van der Waals surface area contributed by atoms with Crippen LogP contribution in [-0.2, 0) is 12.1 Å². The molecule has 0 aliphatic rings. The van der Waals surface area contributed by atoms with Crippen molar-refractivity contribution in [3.63, 3.8) is 0 Å². The van der Waals surface area contributed by atoms with Crippen molar-refractivity contribution in [1.82, 2.24) is 4.98 Å². The quantitative estimate of drug-likeness (QED) is 0.133. The average Bonchev–Trinajstić information content (AvgIpc) is 2.85. The van der Waals surface area contributed by atoms with Crippen molar-refractivity contribution in [2.75, 3.05) is 5.32 Å². The minimum Gasteiger partial charge on any atom is -0.404 e. The number of pyridine rings is 1. The Kier molecular flexibility index (Phi) is 8.89. The molecule has 2 aromatic carbocycles. The third kappa shape index (κ3) is 6.71. The van der Waals surface area contributed by atoms with Crippen molar-refractivity contribution in [2.24, 2.45) is 10.7 Å². The van der Waals surface area contributed by atoms with Crippen molar-refractivity contribution < 1.29 is 22.8 Å². The number of carbonyl (C=O) groups is 2. The van der Waals surface area contributed by atoms with E-state index in [4.69, 9.17) is 28.9 Å². The van der Waals surface area contributed by atoms with Crippen molar-refractivity contribution in [3.8, 4) is 0 Å². The van der Waals surface area contributed by atoms with Crippen molar-refractivity contribution in [2.45, 2.75) is 12.1 Å². The number of amides is 1. The Hall–Kier alpha value is -3.21. The number of aliphatic imine (C=N–C) groups is 1. The predicted molar refractivity (Wildman–Crippen MR) is 137 cm³/mol. The molecule has 3 rings (SSSR count). The van der Waals surface area contributed by atoms with Crippen LogP contribution in [0.4, 0.5) is 24.7 Å². The highest BCUT2D eigenvalue weighted by molar-refractivity contribution is 9.10. The fourth-order valence-electron chi connectivity index (χ4n) is 2.98. The first-order valence-electron chi connectivity index (χ1n) is 10.0. The van der Waals surface area contributed by atoms with E-state index in [2.05, 4.69) is 31.2 Å². The van der Waals surface area contributed by atoms with Crippen LogP contribution >= 0.6 is 39.1 Å². The molecule has 12 heteroatoms. The summed E-state index contributed by atoms with van der Waals surface area (Å²) < 4.78 is 39.8. The molecular formula is C24H16BrCl2F3N4O2. The number of rotatable bonds is 7. The molecule has 3 N–H and O–H groups in total. The van der Waals surface area contributed by atoms with Crippen LogP contribution in [0.15, 0.2) is 76.0 Å². The number of halogens is 6. The number of benzene rings is 2. The highest BCUT2D eigenvalue weighted by atomic mass is 79.9. The van der Waals surface area contributed by atoms with Gasteiger partial charge < -0.3 is 11.1 Å². The van der Waals surface area contributed by atoms with Crippen LogP contribution in [-0.4, -0.2) is 22.9 Å². The molecule has 0 aliphatic carbocycles. The number of nitrogens with one attached hydrogen (secondary N) is 1. The van der Waals surface area contributed by atoms with E-state index < -0.39 is 28.5 Å². The van der Waals surface area contributed by atoms with Crippen LogP contribution in [0.25, 0.3) is 0 Å². The fourth-order valence-corrected chi connectivity index (χ4v) is 3.70. The van der Waals surface area contributed by atoms with Gasteiger partial charge in [-0.05, 0) is 57.9 Å². The van der Waals surface area contributed by atoms with E-state index in [0.29, 0.717) is 10.0 Å². The van der Waals surface area contributed by atoms with Gasteiger partial charge in [0.15, 0.2) is 5.78 Å². The molecule has 1 amide bonds. The zero-order valence-corrected chi connectivity index (χ0v) is 21.2. The standard InChI is InChI=1S/C24H16BrCl2F3N4O2/c25-16-7-18(22(33-12-16)34-23(36)14-3-1-2-13(6-14)9-26)21(35)15(10-31)11-32-17-4-5-20(27)19(8-17)24(28,29)30/h1-8,10-12H,9,31H2,(H,33,34,36)/b15-10+,32-11?. The highest BCUT2D eigenvalue weighted by Gasteiger charge is 2.33. The number of carbonyl (C=O) groups excluding carboxylic acids is 2. The zero-order chi connectivity index (χ0) is 26.5. The Balaban J connectivity index is 1.90. The molecule has 3 aromatic rings. The molecule has 0 bridgehead atoms. The van der Waals surface area contributed by atoms with Gasteiger partial charge >= 0.3 is 6.18 Å². The van der Waals surface area contributed by atoms with E-state index in [0.717, 1.165) is 30.1 Å². The Morgan fingerprint density at radius 2 is 1.92 bits per heavy atom. The number of aromatic nitrogens is 1. The molecule has 6 nitrogen and oxygen atoms in total. The number of hydrogen-bond acceptors (Lipinski definition) is 5. The second-order valence-corrected chi connectivity index (χ2v) is 8.80. The number of nitrogens with two attached hydrogens (primary N) is 1. The molecule has 0 fully saturated rings. The summed E-state index contributed by atoms with van der Waals surface area (Å²) in [6.45, 7) is 0. The van der Waals surface area contributed by atoms with E-state index in [1.54, 1.807) is 24.3 Å². The largest absolute Gasteiger partial charge is 0.417 e. The van der Waals surface area contributed by atoms with Crippen molar-refractivity contribution >= 4 is 68.5 Å². The van der Waals surface area contributed by atoms with Crippen LogP contribution in [0, 0.1) is 0 Å². The topological polar surface area (TPSA) is 97.4 Å². The molecule has 186 valence electrons. The molecule has 0 saturated heterocycles. The summed E-state index contributed by atoms with van der Waals surface area (Å²) in [6, 6.07) is 11.1. The van der Waals surface area contributed by atoms with E-state index >= 15 is 0 Å². The first-order chi connectivity index (χ1) is 17.0. The van der Waals surface area contributed by atoms with Crippen LogP contribution in [0.2, 0.25) is 5.02 Å². The van der Waals surface area contributed by atoms with E-state index in [1.807, 2.05) is 0 Å². The SMILES string of the molecule is N/C=C(\C=Nc1ccc(Cl)c(C(F)(F)F)c1)C(=O)c1cc(Br)cnc1NC(=O)c1cccc(CCl)c1. The second-order valence-electron chi connectivity index (χ2n) is 7.21. The van der Waals surface area contributed by atoms with Crippen LogP contribution in [0.3, 0.4) is 0 Å². The van der Waals surface area contributed by atoms with Gasteiger partial charge in [-0.2, -0.15) is 13.2 Å². The molecule has 0 radical (unpaired) electrons. The summed E-state index contributed by atoms with van der Waals surface area (Å²) in [5.74, 6) is -1.05. The van der Waals surface area contributed by atoms with Gasteiger partial charge in [0, 0.05) is 34.5 Å². The third-order valence-electron chi connectivity index (χ3n) is 4.72.